The molecule has 0 atom stereocenters. The molecule has 5 nitrogen and oxygen atoms in total. The third kappa shape index (κ3) is 2.18. The van der Waals surface area contributed by atoms with Gasteiger partial charge in [0.25, 0.3) is 0 Å². The number of aromatic hydroxyl groups is 1. The molecule has 0 spiro atoms. The van der Waals surface area contributed by atoms with Crippen LogP contribution in [0.15, 0.2) is 48.8 Å². The van der Waals surface area contributed by atoms with Crippen molar-refractivity contribution in [3.8, 4) is 22.7 Å². The van der Waals surface area contributed by atoms with Gasteiger partial charge < -0.3 is 5.11 Å². The van der Waals surface area contributed by atoms with Crippen molar-refractivity contribution in [3.05, 3.63) is 54.5 Å². The second-order valence-corrected chi connectivity index (χ2v) is 4.21. The van der Waals surface area contributed by atoms with Gasteiger partial charge in [-0.3, -0.25) is 0 Å². The summed E-state index contributed by atoms with van der Waals surface area (Å²) in [6, 6.07) is 10.9. The Morgan fingerprint density at radius 1 is 1.16 bits per heavy atom. The predicted octanol–water partition coefficient (Wildman–Crippen LogP) is 2.34. The summed E-state index contributed by atoms with van der Waals surface area (Å²) in [4.78, 5) is 0. The van der Waals surface area contributed by atoms with E-state index in [4.69, 9.17) is 0 Å². The zero-order valence-corrected chi connectivity index (χ0v) is 10.4. The minimum atomic E-state index is 0.158. The average molecular weight is 252 g/mol. The normalized spacial score (nSPS) is 10.6. The minimum absolute atomic E-state index is 0.158. The molecule has 3 aromatic rings. The maximum Gasteiger partial charge on any atom is 0.127 e. The average Bonchev–Trinajstić information content (AvgIpc) is 2.86. The van der Waals surface area contributed by atoms with Gasteiger partial charge in [-0.1, -0.05) is 0 Å². The molecule has 3 rings (SSSR count). The van der Waals surface area contributed by atoms with E-state index < -0.39 is 0 Å². The zero-order valence-electron chi connectivity index (χ0n) is 10.4. The molecule has 0 amide bonds. The minimum Gasteiger partial charge on any atom is -0.507 e. The summed E-state index contributed by atoms with van der Waals surface area (Å²) in [5.41, 5.74) is 3.03. The van der Waals surface area contributed by atoms with Crippen molar-refractivity contribution >= 4 is 0 Å². The molecule has 0 fully saturated rings. The van der Waals surface area contributed by atoms with Crippen molar-refractivity contribution in [3.63, 3.8) is 0 Å². The number of phenolic OH excluding ortho intramolecular Hbond substituents is 1. The van der Waals surface area contributed by atoms with E-state index in [1.54, 1.807) is 29.1 Å². The van der Waals surface area contributed by atoms with E-state index in [1.807, 2.05) is 31.3 Å². The molecular formula is C14H12N4O. The first-order chi connectivity index (χ1) is 9.24. The molecule has 1 aromatic carbocycles. The van der Waals surface area contributed by atoms with Gasteiger partial charge in [-0.25, -0.2) is 4.68 Å². The number of phenols is 1. The second kappa shape index (κ2) is 4.53. The van der Waals surface area contributed by atoms with Gasteiger partial charge in [0, 0.05) is 24.0 Å². The number of nitrogens with zero attached hydrogens (tertiary/aromatic N) is 4. The van der Waals surface area contributed by atoms with Gasteiger partial charge in [-0.15, -0.1) is 0 Å². The first-order valence-corrected chi connectivity index (χ1v) is 5.88. The van der Waals surface area contributed by atoms with Crippen molar-refractivity contribution in [1.29, 1.82) is 0 Å². The summed E-state index contributed by atoms with van der Waals surface area (Å²) in [7, 11) is 0. The quantitative estimate of drug-likeness (QED) is 0.760. The molecule has 2 aromatic heterocycles. The third-order valence-electron chi connectivity index (χ3n) is 2.82. The van der Waals surface area contributed by atoms with Crippen LogP contribution in [-0.4, -0.2) is 25.1 Å². The molecule has 2 heterocycles. The van der Waals surface area contributed by atoms with Gasteiger partial charge in [0.2, 0.25) is 0 Å². The summed E-state index contributed by atoms with van der Waals surface area (Å²) in [6.07, 6.45) is 3.45. The Balaban J connectivity index is 2.03. The van der Waals surface area contributed by atoms with E-state index in [-0.39, 0.29) is 5.75 Å². The van der Waals surface area contributed by atoms with Crippen LogP contribution in [0.4, 0.5) is 0 Å². The largest absolute Gasteiger partial charge is 0.507 e. The number of hydrogen-bond donors (Lipinski definition) is 1. The van der Waals surface area contributed by atoms with Crippen molar-refractivity contribution in [2.24, 2.45) is 0 Å². The van der Waals surface area contributed by atoms with Crippen LogP contribution < -0.4 is 0 Å². The fourth-order valence-electron chi connectivity index (χ4n) is 1.88. The van der Waals surface area contributed by atoms with Crippen LogP contribution in [0.2, 0.25) is 0 Å². The Kier molecular flexibility index (Phi) is 2.72. The summed E-state index contributed by atoms with van der Waals surface area (Å²) in [5.74, 6) is 0.158. The van der Waals surface area contributed by atoms with Crippen molar-refractivity contribution in [1.82, 2.24) is 20.0 Å². The van der Waals surface area contributed by atoms with Crippen LogP contribution in [0.5, 0.6) is 5.75 Å². The first kappa shape index (κ1) is 11.4. The van der Waals surface area contributed by atoms with Crippen LogP contribution in [0.1, 0.15) is 5.69 Å². The summed E-state index contributed by atoms with van der Waals surface area (Å²) in [6.45, 7) is 1.92. The highest BCUT2D eigenvalue weighted by Gasteiger charge is 2.08. The lowest BCUT2D eigenvalue weighted by atomic mass is 10.1. The standard InChI is InChI=1S/C14H12N4O/c1-10-6-8-18(17-10)11-4-5-12(14(19)9-11)13-3-2-7-15-16-13/h2-9,19H,1H3. The maximum atomic E-state index is 10.1. The number of benzene rings is 1. The smallest absolute Gasteiger partial charge is 0.127 e. The third-order valence-corrected chi connectivity index (χ3v) is 2.82. The van der Waals surface area contributed by atoms with E-state index in [2.05, 4.69) is 15.3 Å². The van der Waals surface area contributed by atoms with Crippen molar-refractivity contribution < 1.29 is 5.11 Å². The van der Waals surface area contributed by atoms with Crippen LogP contribution >= 0.6 is 0 Å². The van der Waals surface area contributed by atoms with Crippen molar-refractivity contribution in [2.75, 3.05) is 0 Å². The van der Waals surface area contributed by atoms with E-state index >= 15 is 0 Å². The molecule has 0 aliphatic rings. The highest BCUT2D eigenvalue weighted by Crippen LogP contribution is 2.29. The van der Waals surface area contributed by atoms with Crippen LogP contribution in [0.3, 0.4) is 0 Å². The SMILES string of the molecule is Cc1ccn(-c2ccc(-c3cccnn3)c(O)c2)n1. The predicted molar refractivity (Wildman–Crippen MR) is 71.0 cm³/mol. The molecule has 0 unspecified atom stereocenters. The molecule has 19 heavy (non-hydrogen) atoms. The first-order valence-electron chi connectivity index (χ1n) is 5.88. The lowest BCUT2D eigenvalue weighted by Crippen LogP contribution is -1.95. The van der Waals surface area contributed by atoms with Gasteiger partial charge in [0.05, 0.1) is 17.1 Å². The molecule has 0 bridgehead atoms. The van der Waals surface area contributed by atoms with Gasteiger partial charge in [-0.2, -0.15) is 15.3 Å². The number of hydrogen-bond acceptors (Lipinski definition) is 4. The Labute approximate surface area is 110 Å². The van der Waals surface area contributed by atoms with Gasteiger partial charge in [0.15, 0.2) is 0 Å². The molecule has 0 radical (unpaired) electrons. The van der Waals surface area contributed by atoms with Crippen molar-refractivity contribution in [2.45, 2.75) is 6.92 Å². The number of aromatic nitrogens is 4. The van der Waals surface area contributed by atoms with E-state index in [9.17, 15) is 5.11 Å². The molecule has 1 N–H and O–H groups in total. The molecule has 0 aliphatic carbocycles. The monoisotopic (exact) mass is 252 g/mol. The molecule has 5 heteroatoms. The lowest BCUT2D eigenvalue weighted by molar-refractivity contribution is 0.476. The number of aryl methyl sites for hydroxylation is 1. The summed E-state index contributed by atoms with van der Waals surface area (Å²) >= 11 is 0. The summed E-state index contributed by atoms with van der Waals surface area (Å²) < 4.78 is 1.72. The van der Waals surface area contributed by atoms with E-state index in [0.717, 1.165) is 11.4 Å². The Hall–Kier alpha value is -2.69. The molecular weight excluding hydrogens is 240 g/mol. The molecule has 0 saturated heterocycles. The van der Waals surface area contributed by atoms with Crippen LogP contribution in [-0.2, 0) is 0 Å². The molecule has 0 saturated carbocycles. The fraction of sp³-hybridized carbons (Fsp3) is 0.0714. The maximum absolute atomic E-state index is 10.1. The van der Waals surface area contributed by atoms with E-state index in [0.29, 0.717) is 11.3 Å². The molecule has 0 aliphatic heterocycles. The van der Waals surface area contributed by atoms with Gasteiger partial charge >= 0.3 is 0 Å². The van der Waals surface area contributed by atoms with E-state index in [1.165, 1.54) is 0 Å². The van der Waals surface area contributed by atoms with Crippen LogP contribution in [0.25, 0.3) is 16.9 Å². The highest BCUT2D eigenvalue weighted by atomic mass is 16.3. The number of rotatable bonds is 2. The molecule has 94 valence electrons. The second-order valence-electron chi connectivity index (χ2n) is 4.21. The lowest BCUT2D eigenvalue weighted by Gasteiger charge is -2.06. The van der Waals surface area contributed by atoms with Gasteiger partial charge in [-0.05, 0) is 37.3 Å². The topological polar surface area (TPSA) is 63.8 Å². The van der Waals surface area contributed by atoms with Gasteiger partial charge in [0.1, 0.15) is 5.75 Å². The summed E-state index contributed by atoms with van der Waals surface area (Å²) in [5, 5.41) is 22.2. The highest BCUT2D eigenvalue weighted by molar-refractivity contribution is 5.68. The zero-order chi connectivity index (χ0) is 13.2. The Bertz CT molecular complexity index is 706. The Morgan fingerprint density at radius 2 is 2.05 bits per heavy atom. The Morgan fingerprint density at radius 3 is 2.68 bits per heavy atom. The fourth-order valence-corrected chi connectivity index (χ4v) is 1.88. The van der Waals surface area contributed by atoms with Crippen LogP contribution in [0, 0.1) is 6.92 Å².